The SMILES string of the molecule is CCNC(Cc1nnn(C)n1)C(OCC)C(C)(C)C. The molecule has 1 N–H and O–H groups in total. The molecule has 0 amide bonds. The number of aromatic nitrogens is 4. The van der Waals surface area contributed by atoms with Crippen LogP contribution in [0.1, 0.15) is 40.4 Å². The van der Waals surface area contributed by atoms with Gasteiger partial charge in [-0.05, 0) is 24.1 Å². The Morgan fingerprint density at radius 3 is 2.42 bits per heavy atom. The minimum absolute atomic E-state index is 0.0606. The van der Waals surface area contributed by atoms with Crippen LogP contribution in [0.3, 0.4) is 0 Å². The van der Waals surface area contributed by atoms with E-state index in [1.54, 1.807) is 7.05 Å². The minimum atomic E-state index is 0.0606. The molecule has 110 valence electrons. The number of hydrogen-bond acceptors (Lipinski definition) is 5. The molecule has 19 heavy (non-hydrogen) atoms. The number of ether oxygens (including phenoxy) is 1. The van der Waals surface area contributed by atoms with Gasteiger partial charge in [-0.2, -0.15) is 4.80 Å². The Kier molecular flexibility index (Phi) is 5.87. The van der Waals surface area contributed by atoms with Crippen LogP contribution in [0.15, 0.2) is 0 Å². The van der Waals surface area contributed by atoms with Crippen LogP contribution in [-0.2, 0) is 18.2 Å². The number of hydrogen-bond donors (Lipinski definition) is 1. The molecule has 1 rings (SSSR count). The highest BCUT2D eigenvalue weighted by molar-refractivity contribution is 4.93. The number of tetrazole rings is 1. The van der Waals surface area contributed by atoms with E-state index in [9.17, 15) is 0 Å². The van der Waals surface area contributed by atoms with Gasteiger partial charge < -0.3 is 10.1 Å². The maximum absolute atomic E-state index is 5.95. The molecule has 0 fully saturated rings. The lowest BCUT2D eigenvalue weighted by atomic mass is 9.83. The van der Waals surface area contributed by atoms with E-state index >= 15 is 0 Å². The minimum Gasteiger partial charge on any atom is -0.376 e. The first-order valence-corrected chi connectivity index (χ1v) is 6.96. The first-order valence-electron chi connectivity index (χ1n) is 6.96. The zero-order valence-electron chi connectivity index (χ0n) is 13.0. The Morgan fingerprint density at radius 1 is 1.32 bits per heavy atom. The van der Waals surface area contributed by atoms with E-state index in [2.05, 4.69) is 48.4 Å². The van der Waals surface area contributed by atoms with Crippen LogP contribution < -0.4 is 5.32 Å². The molecule has 0 spiro atoms. The fourth-order valence-electron chi connectivity index (χ4n) is 2.30. The van der Waals surface area contributed by atoms with Gasteiger partial charge in [-0.3, -0.25) is 0 Å². The molecule has 1 aromatic heterocycles. The summed E-state index contributed by atoms with van der Waals surface area (Å²) in [6.45, 7) is 12.3. The predicted molar refractivity (Wildman–Crippen MR) is 74.8 cm³/mol. The number of aryl methyl sites for hydroxylation is 1. The average molecular weight is 269 g/mol. The van der Waals surface area contributed by atoms with Gasteiger partial charge in [-0.1, -0.05) is 27.7 Å². The second kappa shape index (κ2) is 6.96. The first-order chi connectivity index (χ1) is 8.88. The fourth-order valence-corrected chi connectivity index (χ4v) is 2.30. The molecule has 1 heterocycles. The molecule has 2 atom stereocenters. The van der Waals surface area contributed by atoms with Crippen molar-refractivity contribution in [3.63, 3.8) is 0 Å². The summed E-state index contributed by atoms with van der Waals surface area (Å²) in [6.07, 6.45) is 0.838. The van der Waals surface area contributed by atoms with E-state index in [4.69, 9.17) is 4.74 Å². The maximum atomic E-state index is 5.95. The Morgan fingerprint density at radius 2 is 2.00 bits per heavy atom. The molecule has 0 saturated carbocycles. The highest BCUT2D eigenvalue weighted by Crippen LogP contribution is 2.26. The summed E-state index contributed by atoms with van der Waals surface area (Å²) in [5.74, 6) is 0.752. The average Bonchev–Trinajstić information content (AvgIpc) is 2.70. The summed E-state index contributed by atoms with van der Waals surface area (Å²) >= 11 is 0. The van der Waals surface area contributed by atoms with Gasteiger partial charge in [0.2, 0.25) is 0 Å². The van der Waals surface area contributed by atoms with E-state index in [1.165, 1.54) is 4.80 Å². The molecule has 0 aromatic carbocycles. The van der Waals surface area contributed by atoms with Crippen LogP contribution in [0.4, 0.5) is 0 Å². The molecule has 2 unspecified atom stereocenters. The highest BCUT2D eigenvalue weighted by atomic mass is 16.5. The highest BCUT2D eigenvalue weighted by Gasteiger charge is 2.33. The summed E-state index contributed by atoms with van der Waals surface area (Å²) in [7, 11) is 1.78. The standard InChI is InChI=1S/C13H27N5O/c1-7-14-10(9-11-15-17-18(6)16-11)12(19-8-2)13(3,4)5/h10,12,14H,7-9H2,1-6H3. The Labute approximate surface area is 115 Å². The van der Waals surface area contributed by atoms with Gasteiger partial charge >= 0.3 is 0 Å². The molecular weight excluding hydrogens is 242 g/mol. The van der Waals surface area contributed by atoms with E-state index in [1.807, 2.05) is 6.92 Å². The summed E-state index contributed by atoms with van der Waals surface area (Å²) < 4.78 is 5.95. The molecule has 0 saturated heterocycles. The Bertz CT molecular complexity index is 371. The van der Waals surface area contributed by atoms with E-state index < -0.39 is 0 Å². The molecule has 0 bridgehead atoms. The number of likely N-dealkylation sites (N-methyl/N-ethyl adjacent to an activating group) is 1. The summed E-state index contributed by atoms with van der Waals surface area (Å²) in [5.41, 5.74) is 0.0606. The quantitative estimate of drug-likeness (QED) is 0.805. The third-order valence-corrected chi connectivity index (χ3v) is 2.98. The third-order valence-electron chi connectivity index (χ3n) is 2.98. The lowest BCUT2D eigenvalue weighted by Gasteiger charge is -2.36. The van der Waals surface area contributed by atoms with Crippen molar-refractivity contribution in [3.05, 3.63) is 5.82 Å². The van der Waals surface area contributed by atoms with Crippen LogP contribution >= 0.6 is 0 Å². The lowest BCUT2D eigenvalue weighted by molar-refractivity contribution is -0.0356. The van der Waals surface area contributed by atoms with Gasteiger partial charge in [0.1, 0.15) is 0 Å². The first kappa shape index (κ1) is 16.0. The molecule has 6 heteroatoms. The van der Waals surface area contributed by atoms with E-state index in [-0.39, 0.29) is 17.6 Å². The molecule has 0 aliphatic carbocycles. The van der Waals surface area contributed by atoms with Crippen molar-refractivity contribution in [1.82, 2.24) is 25.5 Å². The van der Waals surface area contributed by atoms with Crippen LogP contribution in [0.5, 0.6) is 0 Å². The molecule has 0 aliphatic heterocycles. The maximum Gasteiger partial charge on any atom is 0.176 e. The largest absolute Gasteiger partial charge is 0.376 e. The monoisotopic (exact) mass is 269 g/mol. The summed E-state index contributed by atoms with van der Waals surface area (Å²) in [4.78, 5) is 1.49. The van der Waals surface area contributed by atoms with Crippen LogP contribution in [0.25, 0.3) is 0 Å². The van der Waals surface area contributed by atoms with Crippen LogP contribution in [0, 0.1) is 5.41 Å². The van der Waals surface area contributed by atoms with Crippen molar-refractivity contribution in [2.24, 2.45) is 12.5 Å². The lowest BCUT2D eigenvalue weighted by Crippen LogP contribution is -2.49. The number of rotatable bonds is 7. The van der Waals surface area contributed by atoms with E-state index in [0.717, 1.165) is 18.8 Å². The summed E-state index contributed by atoms with van der Waals surface area (Å²) in [6, 6.07) is 0.189. The van der Waals surface area contributed by atoms with Gasteiger partial charge in [-0.25, -0.2) is 0 Å². The van der Waals surface area contributed by atoms with Gasteiger partial charge in [0.25, 0.3) is 0 Å². The third kappa shape index (κ3) is 4.87. The van der Waals surface area contributed by atoms with Crippen LogP contribution in [-0.4, -0.2) is 45.5 Å². The van der Waals surface area contributed by atoms with Crippen molar-refractivity contribution >= 4 is 0 Å². The zero-order valence-corrected chi connectivity index (χ0v) is 13.0. The van der Waals surface area contributed by atoms with E-state index in [0.29, 0.717) is 6.61 Å². The van der Waals surface area contributed by atoms with Crippen molar-refractivity contribution in [1.29, 1.82) is 0 Å². The smallest absolute Gasteiger partial charge is 0.176 e. The second-order valence-corrected chi connectivity index (χ2v) is 5.81. The molecule has 1 aromatic rings. The molecular formula is C13H27N5O. The zero-order chi connectivity index (χ0) is 14.5. The Hall–Kier alpha value is -1.01. The molecule has 0 aliphatic rings. The van der Waals surface area contributed by atoms with Gasteiger partial charge in [0.05, 0.1) is 13.2 Å². The number of nitrogens with zero attached hydrogens (tertiary/aromatic N) is 4. The topological polar surface area (TPSA) is 64.9 Å². The van der Waals surface area contributed by atoms with Gasteiger partial charge in [-0.15, -0.1) is 10.2 Å². The molecule has 0 radical (unpaired) electrons. The van der Waals surface area contributed by atoms with Crippen molar-refractivity contribution in [2.75, 3.05) is 13.2 Å². The molecule has 6 nitrogen and oxygen atoms in total. The van der Waals surface area contributed by atoms with Crippen LogP contribution in [0.2, 0.25) is 0 Å². The Balaban J connectivity index is 2.83. The van der Waals surface area contributed by atoms with Crippen molar-refractivity contribution in [2.45, 2.75) is 53.2 Å². The van der Waals surface area contributed by atoms with Gasteiger partial charge in [0, 0.05) is 19.1 Å². The normalized spacial score (nSPS) is 15.5. The van der Waals surface area contributed by atoms with Gasteiger partial charge in [0.15, 0.2) is 5.82 Å². The number of nitrogens with one attached hydrogen (secondary N) is 1. The predicted octanol–water partition coefficient (Wildman–Crippen LogP) is 1.18. The second-order valence-electron chi connectivity index (χ2n) is 5.81. The van der Waals surface area contributed by atoms with Crippen molar-refractivity contribution in [3.8, 4) is 0 Å². The van der Waals surface area contributed by atoms with Crippen molar-refractivity contribution < 1.29 is 4.74 Å². The summed E-state index contributed by atoms with van der Waals surface area (Å²) in [5, 5.41) is 15.7. The fraction of sp³-hybridized carbons (Fsp3) is 0.923.